The van der Waals surface area contributed by atoms with Crippen LogP contribution < -0.4 is 0 Å². The van der Waals surface area contributed by atoms with E-state index < -0.39 is 0 Å². The zero-order chi connectivity index (χ0) is 11.8. The summed E-state index contributed by atoms with van der Waals surface area (Å²) in [5, 5.41) is 1.56. The van der Waals surface area contributed by atoms with Crippen molar-refractivity contribution in [1.29, 1.82) is 0 Å². The third-order valence-corrected chi connectivity index (χ3v) is 3.39. The summed E-state index contributed by atoms with van der Waals surface area (Å²) in [6.45, 7) is 2.99. The first-order valence-corrected chi connectivity index (χ1v) is 7.21. The van der Waals surface area contributed by atoms with Gasteiger partial charge in [-0.1, -0.05) is 65.5 Å². The molecule has 0 N–H and O–H groups in total. The summed E-state index contributed by atoms with van der Waals surface area (Å²) in [6, 6.07) is 7.86. The first-order chi connectivity index (χ1) is 7.79. The molecule has 0 saturated heterocycles. The normalized spacial score (nSPS) is 12.7. The van der Waals surface area contributed by atoms with Gasteiger partial charge in [0, 0.05) is 22.5 Å². The first-order valence-electron chi connectivity index (χ1n) is 5.71. The van der Waals surface area contributed by atoms with E-state index in [0.717, 1.165) is 28.9 Å². The molecule has 0 bridgehead atoms. The number of ether oxygens (including phenoxy) is 1. The Morgan fingerprint density at radius 1 is 1.31 bits per heavy atom. The van der Waals surface area contributed by atoms with Gasteiger partial charge >= 0.3 is 0 Å². The summed E-state index contributed by atoms with van der Waals surface area (Å²) in [5.74, 6) is 0. The van der Waals surface area contributed by atoms with Crippen LogP contribution in [0.2, 0.25) is 5.02 Å². The molecule has 0 spiro atoms. The van der Waals surface area contributed by atoms with E-state index in [2.05, 4.69) is 22.9 Å². The summed E-state index contributed by atoms with van der Waals surface area (Å²) in [6.07, 6.45) is 3.61. The molecule has 1 aromatic rings. The standard InChI is InChI=1S/C13H18BrClO/c1-2-3-6-9-16-13(10-14)11-7-4-5-8-12(11)15/h4-5,7-8,13H,2-3,6,9-10H2,1H3. The maximum Gasteiger partial charge on any atom is 0.0935 e. The van der Waals surface area contributed by atoms with Gasteiger partial charge < -0.3 is 4.74 Å². The smallest absolute Gasteiger partial charge is 0.0935 e. The lowest BCUT2D eigenvalue weighted by Crippen LogP contribution is -2.07. The molecule has 0 aliphatic heterocycles. The predicted molar refractivity (Wildman–Crippen MR) is 73.5 cm³/mol. The third kappa shape index (κ3) is 4.44. The highest BCUT2D eigenvalue weighted by molar-refractivity contribution is 9.09. The van der Waals surface area contributed by atoms with Crippen molar-refractivity contribution in [2.75, 3.05) is 11.9 Å². The topological polar surface area (TPSA) is 9.23 Å². The van der Waals surface area contributed by atoms with E-state index in [1.54, 1.807) is 0 Å². The lowest BCUT2D eigenvalue weighted by molar-refractivity contribution is 0.0671. The monoisotopic (exact) mass is 304 g/mol. The molecule has 0 heterocycles. The average Bonchev–Trinajstić information content (AvgIpc) is 2.31. The largest absolute Gasteiger partial charge is 0.373 e. The van der Waals surface area contributed by atoms with Crippen molar-refractivity contribution in [2.24, 2.45) is 0 Å². The van der Waals surface area contributed by atoms with Crippen molar-refractivity contribution in [3.05, 3.63) is 34.9 Å². The van der Waals surface area contributed by atoms with Crippen LogP contribution in [-0.4, -0.2) is 11.9 Å². The van der Waals surface area contributed by atoms with Crippen LogP contribution >= 0.6 is 27.5 Å². The van der Waals surface area contributed by atoms with E-state index in [4.69, 9.17) is 16.3 Å². The molecule has 90 valence electrons. The molecule has 0 radical (unpaired) electrons. The van der Waals surface area contributed by atoms with Crippen molar-refractivity contribution in [3.8, 4) is 0 Å². The van der Waals surface area contributed by atoms with Gasteiger partial charge in [0.25, 0.3) is 0 Å². The van der Waals surface area contributed by atoms with Gasteiger partial charge in [-0.15, -0.1) is 0 Å². The molecule has 1 atom stereocenters. The molecule has 0 fully saturated rings. The fourth-order valence-electron chi connectivity index (χ4n) is 1.53. The molecule has 0 aromatic heterocycles. The highest BCUT2D eigenvalue weighted by Crippen LogP contribution is 2.27. The van der Waals surface area contributed by atoms with E-state index in [0.29, 0.717) is 0 Å². The Bertz CT molecular complexity index is 304. The van der Waals surface area contributed by atoms with E-state index in [-0.39, 0.29) is 6.10 Å². The van der Waals surface area contributed by atoms with Crippen molar-refractivity contribution in [1.82, 2.24) is 0 Å². The summed E-state index contributed by atoms with van der Waals surface area (Å²) >= 11 is 9.61. The summed E-state index contributed by atoms with van der Waals surface area (Å²) in [7, 11) is 0. The number of unbranched alkanes of at least 4 members (excludes halogenated alkanes) is 2. The molecule has 3 heteroatoms. The number of halogens is 2. The van der Waals surface area contributed by atoms with Gasteiger partial charge in [-0.25, -0.2) is 0 Å². The SMILES string of the molecule is CCCCCOC(CBr)c1ccccc1Cl. The maximum atomic E-state index is 6.14. The van der Waals surface area contributed by atoms with Crippen molar-refractivity contribution < 1.29 is 4.74 Å². The molecule has 1 unspecified atom stereocenters. The molecule has 1 nitrogen and oxygen atoms in total. The highest BCUT2D eigenvalue weighted by atomic mass is 79.9. The van der Waals surface area contributed by atoms with Crippen LogP contribution in [-0.2, 0) is 4.74 Å². The van der Waals surface area contributed by atoms with Gasteiger partial charge in [-0.05, 0) is 12.5 Å². The van der Waals surface area contributed by atoms with Gasteiger partial charge in [-0.2, -0.15) is 0 Å². The van der Waals surface area contributed by atoms with Gasteiger partial charge in [-0.3, -0.25) is 0 Å². The van der Waals surface area contributed by atoms with Gasteiger partial charge in [0.05, 0.1) is 6.10 Å². The van der Waals surface area contributed by atoms with Crippen molar-refractivity contribution in [2.45, 2.75) is 32.3 Å². The van der Waals surface area contributed by atoms with E-state index in [9.17, 15) is 0 Å². The molecule has 16 heavy (non-hydrogen) atoms. The summed E-state index contributed by atoms with van der Waals surface area (Å²) in [4.78, 5) is 0. The zero-order valence-electron chi connectivity index (χ0n) is 9.59. The fraction of sp³-hybridized carbons (Fsp3) is 0.538. The molecule has 0 aliphatic carbocycles. The number of rotatable bonds is 7. The Labute approximate surface area is 111 Å². The van der Waals surface area contributed by atoms with Crippen molar-refractivity contribution in [3.63, 3.8) is 0 Å². The number of hydrogen-bond acceptors (Lipinski definition) is 1. The zero-order valence-corrected chi connectivity index (χ0v) is 11.9. The highest BCUT2D eigenvalue weighted by Gasteiger charge is 2.13. The summed E-state index contributed by atoms with van der Waals surface area (Å²) in [5.41, 5.74) is 1.07. The second-order valence-corrected chi connectivity index (χ2v) is 4.80. The van der Waals surface area contributed by atoms with Crippen molar-refractivity contribution >= 4 is 27.5 Å². The fourth-order valence-corrected chi connectivity index (χ4v) is 2.32. The Hall–Kier alpha value is -0.0500. The quantitative estimate of drug-likeness (QED) is 0.510. The van der Waals surface area contributed by atoms with Crippen LogP contribution in [0.5, 0.6) is 0 Å². The first kappa shape index (κ1) is 14.0. The minimum absolute atomic E-state index is 0.0607. The molecule has 0 aliphatic rings. The van der Waals surface area contributed by atoms with E-state index in [1.165, 1.54) is 12.8 Å². The average molecular weight is 306 g/mol. The maximum absolute atomic E-state index is 6.14. The Kier molecular flexibility index (Phi) is 7.10. The third-order valence-electron chi connectivity index (χ3n) is 2.46. The molecule has 0 amide bonds. The van der Waals surface area contributed by atoms with Crippen LogP contribution in [0, 0.1) is 0 Å². The van der Waals surface area contributed by atoms with Gasteiger partial charge in [0.1, 0.15) is 0 Å². The minimum Gasteiger partial charge on any atom is -0.373 e. The van der Waals surface area contributed by atoms with Crippen LogP contribution in [0.15, 0.2) is 24.3 Å². The Morgan fingerprint density at radius 2 is 2.06 bits per heavy atom. The molecule has 0 saturated carbocycles. The lowest BCUT2D eigenvalue weighted by atomic mass is 10.1. The van der Waals surface area contributed by atoms with Crippen LogP contribution in [0.4, 0.5) is 0 Å². The molecular weight excluding hydrogens is 287 g/mol. The predicted octanol–water partition coefficient (Wildman–Crippen LogP) is 4.98. The molecular formula is C13H18BrClO. The Morgan fingerprint density at radius 3 is 2.69 bits per heavy atom. The number of alkyl halides is 1. The van der Waals surface area contributed by atoms with Crippen LogP contribution in [0.25, 0.3) is 0 Å². The lowest BCUT2D eigenvalue weighted by Gasteiger charge is -2.17. The number of benzene rings is 1. The van der Waals surface area contributed by atoms with Gasteiger partial charge in [0.15, 0.2) is 0 Å². The molecule has 1 rings (SSSR count). The molecule has 1 aromatic carbocycles. The van der Waals surface area contributed by atoms with Gasteiger partial charge in [0.2, 0.25) is 0 Å². The second-order valence-electron chi connectivity index (χ2n) is 3.74. The summed E-state index contributed by atoms with van der Waals surface area (Å²) < 4.78 is 5.83. The van der Waals surface area contributed by atoms with Crippen LogP contribution in [0.1, 0.15) is 37.9 Å². The van der Waals surface area contributed by atoms with E-state index in [1.807, 2.05) is 24.3 Å². The van der Waals surface area contributed by atoms with Crippen LogP contribution in [0.3, 0.4) is 0 Å². The second kappa shape index (κ2) is 8.10. The number of hydrogen-bond donors (Lipinski definition) is 0. The van der Waals surface area contributed by atoms with E-state index >= 15 is 0 Å². The Balaban J connectivity index is 2.51. The minimum atomic E-state index is 0.0607.